The molecule has 24 heavy (non-hydrogen) atoms. The summed E-state index contributed by atoms with van der Waals surface area (Å²) in [5, 5.41) is 1.98. The molecule has 1 amide bonds. The van der Waals surface area contributed by atoms with Crippen LogP contribution >= 0.6 is 11.3 Å². The summed E-state index contributed by atoms with van der Waals surface area (Å²) in [6, 6.07) is 2.00. The topological polar surface area (TPSA) is 47.4 Å². The first kappa shape index (κ1) is 15.8. The lowest BCUT2D eigenvalue weighted by molar-refractivity contribution is 0.0622. The lowest BCUT2D eigenvalue weighted by atomic mass is 9.98. The number of amides is 1. The van der Waals surface area contributed by atoms with Crippen LogP contribution in [0.25, 0.3) is 0 Å². The molecule has 128 valence electrons. The molecule has 0 aromatic carbocycles. The largest absolute Gasteiger partial charge is 0.380 e. The molecular formula is C18H23N3O2S. The van der Waals surface area contributed by atoms with Gasteiger partial charge in [-0.1, -0.05) is 0 Å². The molecule has 3 heterocycles. The number of thiophene rings is 1. The van der Waals surface area contributed by atoms with Crippen LogP contribution < -0.4 is 0 Å². The molecule has 2 aliphatic rings. The van der Waals surface area contributed by atoms with Crippen molar-refractivity contribution in [1.29, 1.82) is 0 Å². The Morgan fingerprint density at radius 3 is 2.96 bits per heavy atom. The second-order valence-electron chi connectivity index (χ2n) is 6.98. The number of fused-ring (bicyclic) bond motifs is 1. The maximum atomic E-state index is 12.9. The summed E-state index contributed by atoms with van der Waals surface area (Å²) in [5.41, 5.74) is 3.28. The first-order chi connectivity index (χ1) is 11.6. The molecule has 1 fully saturated rings. The molecule has 2 aromatic rings. The number of aryl methyl sites for hydroxylation is 2. The van der Waals surface area contributed by atoms with E-state index in [4.69, 9.17) is 4.74 Å². The van der Waals surface area contributed by atoms with E-state index in [0.29, 0.717) is 19.7 Å². The number of rotatable bonds is 5. The standard InChI is InChI=1S/C18H23N3O2S/c1-12-5-6-24-17(12)18(22)21-7-14(10-23-9-13-3-4-13)16-15(8-21)19-11-20(16)2/h5-6,11,13-14H,3-4,7-10H2,1-2H3/t14-/m1/s1. The van der Waals surface area contributed by atoms with E-state index in [1.165, 1.54) is 29.9 Å². The fourth-order valence-electron chi connectivity index (χ4n) is 3.41. The summed E-state index contributed by atoms with van der Waals surface area (Å²) in [5.74, 6) is 1.07. The molecule has 1 aliphatic carbocycles. The Balaban J connectivity index is 1.53. The molecule has 0 bridgehead atoms. The van der Waals surface area contributed by atoms with E-state index in [-0.39, 0.29) is 11.8 Å². The van der Waals surface area contributed by atoms with Crippen LogP contribution in [-0.4, -0.2) is 40.1 Å². The normalized spacial score (nSPS) is 20.2. The monoisotopic (exact) mass is 345 g/mol. The third-order valence-electron chi connectivity index (χ3n) is 4.94. The van der Waals surface area contributed by atoms with Crippen LogP contribution in [0.2, 0.25) is 0 Å². The Labute approximate surface area is 146 Å². The van der Waals surface area contributed by atoms with Crippen molar-refractivity contribution >= 4 is 17.2 Å². The minimum absolute atomic E-state index is 0.117. The van der Waals surface area contributed by atoms with Crippen LogP contribution in [0.1, 0.15) is 45.4 Å². The number of imidazole rings is 1. The zero-order valence-electron chi connectivity index (χ0n) is 14.2. The van der Waals surface area contributed by atoms with E-state index in [0.717, 1.165) is 28.7 Å². The molecule has 0 unspecified atom stereocenters. The summed E-state index contributed by atoms with van der Waals surface area (Å²) >= 11 is 1.52. The molecule has 0 spiro atoms. The van der Waals surface area contributed by atoms with Gasteiger partial charge in [0.2, 0.25) is 0 Å². The van der Waals surface area contributed by atoms with Crippen LogP contribution in [0.4, 0.5) is 0 Å². The SMILES string of the molecule is Cc1ccsc1C(=O)N1Cc2ncn(C)c2[C@@H](COCC2CC2)C1. The first-order valence-electron chi connectivity index (χ1n) is 8.54. The molecule has 1 saturated carbocycles. The summed E-state index contributed by atoms with van der Waals surface area (Å²) in [6.45, 7) is 4.80. The fourth-order valence-corrected chi connectivity index (χ4v) is 4.31. The highest BCUT2D eigenvalue weighted by Crippen LogP contribution is 2.32. The Morgan fingerprint density at radius 2 is 2.25 bits per heavy atom. The van der Waals surface area contributed by atoms with Gasteiger partial charge in [0.05, 0.1) is 30.1 Å². The maximum Gasteiger partial charge on any atom is 0.264 e. The summed E-state index contributed by atoms with van der Waals surface area (Å²) in [4.78, 5) is 20.2. The van der Waals surface area contributed by atoms with Gasteiger partial charge in [-0.3, -0.25) is 4.79 Å². The van der Waals surface area contributed by atoms with Crippen molar-refractivity contribution in [2.45, 2.75) is 32.2 Å². The van der Waals surface area contributed by atoms with Gasteiger partial charge >= 0.3 is 0 Å². The van der Waals surface area contributed by atoms with Crippen molar-refractivity contribution < 1.29 is 9.53 Å². The van der Waals surface area contributed by atoms with E-state index in [9.17, 15) is 4.79 Å². The van der Waals surface area contributed by atoms with E-state index < -0.39 is 0 Å². The van der Waals surface area contributed by atoms with Crippen molar-refractivity contribution in [3.8, 4) is 0 Å². The Morgan fingerprint density at radius 1 is 1.42 bits per heavy atom. The second-order valence-corrected chi connectivity index (χ2v) is 7.90. The molecule has 0 N–H and O–H groups in total. The second kappa shape index (κ2) is 6.33. The van der Waals surface area contributed by atoms with Gasteiger partial charge in [0.1, 0.15) is 0 Å². The summed E-state index contributed by atoms with van der Waals surface area (Å²) in [6.07, 6.45) is 4.44. The Hall–Kier alpha value is -1.66. The van der Waals surface area contributed by atoms with Gasteiger partial charge in [-0.05, 0) is 42.7 Å². The highest BCUT2D eigenvalue weighted by atomic mass is 32.1. The number of carbonyl (C=O) groups excluding carboxylic acids is 1. The molecule has 2 aromatic heterocycles. The van der Waals surface area contributed by atoms with Crippen molar-refractivity contribution in [1.82, 2.24) is 14.5 Å². The van der Waals surface area contributed by atoms with Gasteiger partial charge in [-0.2, -0.15) is 0 Å². The molecule has 0 radical (unpaired) electrons. The third-order valence-corrected chi connectivity index (χ3v) is 5.95. The predicted octanol–water partition coefficient (Wildman–Crippen LogP) is 2.96. The van der Waals surface area contributed by atoms with Crippen molar-refractivity contribution in [3.63, 3.8) is 0 Å². The van der Waals surface area contributed by atoms with Gasteiger partial charge in [0.15, 0.2) is 0 Å². The average Bonchev–Trinajstić information content (AvgIpc) is 3.18. The number of hydrogen-bond donors (Lipinski definition) is 0. The van der Waals surface area contributed by atoms with E-state index in [1.807, 2.05) is 36.6 Å². The fraction of sp³-hybridized carbons (Fsp3) is 0.556. The van der Waals surface area contributed by atoms with Crippen LogP contribution in [0.15, 0.2) is 17.8 Å². The Bertz CT molecular complexity index is 747. The summed E-state index contributed by atoms with van der Waals surface area (Å²) < 4.78 is 8.03. The average molecular weight is 345 g/mol. The zero-order valence-corrected chi connectivity index (χ0v) is 15.0. The van der Waals surface area contributed by atoms with E-state index >= 15 is 0 Å². The zero-order chi connectivity index (χ0) is 16.7. The van der Waals surface area contributed by atoms with Gasteiger partial charge in [0, 0.05) is 31.8 Å². The third kappa shape index (κ3) is 3.00. The van der Waals surface area contributed by atoms with Gasteiger partial charge < -0.3 is 14.2 Å². The van der Waals surface area contributed by atoms with Gasteiger partial charge in [0.25, 0.3) is 5.91 Å². The molecule has 6 heteroatoms. The van der Waals surface area contributed by atoms with E-state index in [2.05, 4.69) is 9.55 Å². The summed E-state index contributed by atoms with van der Waals surface area (Å²) in [7, 11) is 2.03. The van der Waals surface area contributed by atoms with Crippen LogP contribution in [0.5, 0.6) is 0 Å². The smallest absolute Gasteiger partial charge is 0.264 e. The highest BCUT2D eigenvalue weighted by molar-refractivity contribution is 7.12. The Kier molecular flexibility index (Phi) is 4.18. The van der Waals surface area contributed by atoms with Crippen LogP contribution in [0, 0.1) is 12.8 Å². The molecular weight excluding hydrogens is 322 g/mol. The lowest BCUT2D eigenvalue weighted by Crippen LogP contribution is -2.40. The molecule has 1 aliphatic heterocycles. The number of nitrogens with zero attached hydrogens (tertiary/aromatic N) is 3. The van der Waals surface area contributed by atoms with Crippen LogP contribution in [-0.2, 0) is 18.3 Å². The number of aromatic nitrogens is 2. The highest BCUT2D eigenvalue weighted by Gasteiger charge is 2.33. The van der Waals surface area contributed by atoms with Crippen molar-refractivity contribution in [2.75, 3.05) is 19.8 Å². The first-order valence-corrected chi connectivity index (χ1v) is 9.42. The minimum Gasteiger partial charge on any atom is -0.380 e. The van der Waals surface area contributed by atoms with E-state index in [1.54, 1.807) is 0 Å². The van der Waals surface area contributed by atoms with Crippen molar-refractivity contribution in [2.24, 2.45) is 13.0 Å². The number of hydrogen-bond acceptors (Lipinski definition) is 4. The molecule has 0 saturated heterocycles. The van der Waals surface area contributed by atoms with Gasteiger partial charge in [-0.15, -0.1) is 11.3 Å². The molecule has 4 rings (SSSR count). The number of ether oxygens (including phenoxy) is 1. The predicted molar refractivity (Wildman–Crippen MR) is 93.3 cm³/mol. The number of carbonyl (C=O) groups is 1. The quantitative estimate of drug-likeness (QED) is 0.837. The van der Waals surface area contributed by atoms with Crippen LogP contribution in [0.3, 0.4) is 0 Å². The van der Waals surface area contributed by atoms with Gasteiger partial charge in [-0.25, -0.2) is 4.98 Å². The lowest BCUT2D eigenvalue weighted by Gasteiger charge is -2.32. The van der Waals surface area contributed by atoms with Crippen molar-refractivity contribution in [3.05, 3.63) is 39.6 Å². The molecule has 5 nitrogen and oxygen atoms in total. The molecule has 1 atom stereocenters. The minimum atomic E-state index is 0.117. The maximum absolute atomic E-state index is 12.9.